The molecule has 1 aliphatic heterocycles. The fourth-order valence-corrected chi connectivity index (χ4v) is 4.91. The van der Waals surface area contributed by atoms with Gasteiger partial charge in [-0.1, -0.05) is 34.6 Å². The summed E-state index contributed by atoms with van der Waals surface area (Å²) in [6.45, 7) is 11.6. The third-order valence-corrected chi connectivity index (χ3v) is 7.08. The molecule has 2 fully saturated rings. The lowest BCUT2D eigenvalue weighted by molar-refractivity contribution is -0.154. The second kappa shape index (κ2) is 6.23. The molecule has 144 valence electrons. The van der Waals surface area contributed by atoms with Crippen LogP contribution in [-0.2, 0) is 24.3 Å². The van der Waals surface area contributed by atoms with Crippen LogP contribution in [0.3, 0.4) is 0 Å². The van der Waals surface area contributed by atoms with E-state index in [1.165, 1.54) is 18.9 Å². The number of piperidine rings is 1. The number of fused-ring (bicyclic) bond motifs is 1. The molecule has 0 aromatic heterocycles. The first kappa shape index (κ1) is 20.2. The van der Waals surface area contributed by atoms with Crippen molar-refractivity contribution in [2.45, 2.75) is 53.6 Å². The van der Waals surface area contributed by atoms with E-state index in [1.54, 1.807) is 0 Å². The molecular weight excluding hydrogens is 344 g/mol. The van der Waals surface area contributed by atoms with Gasteiger partial charge in [0.25, 0.3) is 0 Å². The Hall–Kier alpha value is -1.15. The zero-order valence-electron chi connectivity index (χ0n) is 16.1. The number of methoxy groups -OCH3 is 1. The molecule has 0 unspecified atom stereocenters. The van der Waals surface area contributed by atoms with Gasteiger partial charge in [0, 0.05) is 12.5 Å². The molecule has 8 heteroatoms. The summed E-state index contributed by atoms with van der Waals surface area (Å²) in [7, 11) is -2.24. The molecule has 0 aromatic carbocycles. The van der Waals surface area contributed by atoms with E-state index in [1.807, 2.05) is 20.8 Å². The van der Waals surface area contributed by atoms with Gasteiger partial charge in [0.1, 0.15) is 12.1 Å². The molecule has 4 atom stereocenters. The summed E-state index contributed by atoms with van der Waals surface area (Å²) >= 11 is 0. The lowest BCUT2D eigenvalue weighted by Gasteiger charge is -2.37. The third-order valence-electron chi connectivity index (χ3n) is 5.72. The summed E-state index contributed by atoms with van der Waals surface area (Å²) in [5.41, 5.74) is -0.627. The van der Waals surface area contributed by atoms with E-state index in [0.717, 1.165) is 0 Å². The van der Waals surface area contributed by atoms with Gasteiger partial charge in [0.15, 0.2) is 0 Å². The van der Waals surface area contributed by atoms with Gasteiger partial charge in [-0.05, 0) is 23.7 Å². The molecule has 0 spiro atoms. The molecule has 7 nitrogen and oxygen atoms in total. The van der Waals surface area contributed by atoms with Gasteiger partial charge in [-0.15, -0.1) is 0 Å². The number of likely N-dealkylation sites (tertiary alicyclic amines) is 1. The van der Waals surface area contributed by atoms with Crippen LogP contribution in [0, 0.1) is 22.7 Å². The minimum atomic E-state index is -3.56. The Bertz CT molecular complexity index is 665. The Morgan fingerprint density at radius 1 is 1.32 bits per heavy atom. The van der Waals surface area contributed by atoms with E-state index in [9.17, 15) is 18.0 Å². The predicted molar refractivity (Wildman–Crippen MR) is 94.1 cm³/mol. The molecule has 1 aliphatic carbocycles. The van der Waals surface area contributed by atoms with Gasteiger partial charge in [0.2, 0.25) is 15.9 Å². The number of ether oxygens (including phenoxy) is 1. The van der Waals surface area contributed by atoms with Gasteiger partial charge in [0.05, 0.1) is 12.9 Å². The average molecular weight is 375 g/mol. The van der Waals surface area contributed by atoms with E-state index in [2.05, 4.69) is 18.6 Å². The highest BCUT2D eigenvalue weighted by Gasteiger charge is 2.70. The number of nitrogens with zero attached hydrogens (tertiary/aromatic N) is 1. The van der Waals surface area contributed by atoms with Crippen molar-refractivity contribution in [3.8, 4) is 0 Å². The lowest BCUT2D eigenvalue weighted by atomic mass is 9.86. The van der Waals surface area contributed by atoms with Crippen LogP contribution in [0.4, 0.5) is 0 Å². The molecule has 2 aliphatic rings. The van der Waals surface area contributed by atoms with Crippen molar-refractivity contribution in [2.75, 3.05) is 19.4 Å². The number of carbonyl (C=O) groups excluding carboxylic acids is 2. The molecule has 1 saturated carbocycles. The largest absolute Gasteiger partial charge is 0.467 e. The van der Waals surface area contributed by atoms with Crippen molar-refractivity contribution in [3.63, 3.8) is 0 Å². The monoisotopic (exact) mass is 374 g/mol. The third kappa shape index (κ3) is 3.56. The van der Waals surface area contributed by atoms with E-state index in [0.29, 0.717) is 6.54 Å². The Labute approximate surface area is 150 Å². The van der Waals surface area contributed by atoms with Gasteiger partial charge in [-0.2, -0.15) is 0 Å². The number of hydrogen-bond donors (Lipinski definition) is 1. The molecule has 0 aromatic rings. The van der Waals surface area contributed by atoms with Gasteiger partial charge in [-0.25, -0.2) is 17.9 Å². The van der Waals surface area contributed by atoms with E-state index >= 15 is 0 Å². The summed E-state index contributed by atoms with van der Waals surface area (Å²) in [5.74, 6) is -0.595. The van der Waals surface area contributed by atoms with Crippen molar-refractivity contribution in [2.24, 2.45) is 22.7 Å². The fraction of sp³-hybridized carbons (Fsp3) is 0.882. The number of sulfonamides is 1. The van der Waals surface area contributed by atoms with Crippen LogP contribution in [0.25, 0.3) is 0 Å². The Morgan fingerprint density at radius 3 is 2.32 bits per heavy atom. The number of amides is 1. The van der Waals surface area contributed by atoms with Crippen LogP contribution < -0.4 is 4.72 Å². The van der Waals surface area contributed by atoms with Crippen molar-refractivity contribution in [1.29, 1.82) is 0 Å². The molecule has 1 heterocycles. The topological polar surface area (TPSA) is 92.8 Å². The van der Waals surface area contributed by atoms with Crippen LogP contribution in [0.5, 0.6) is 0 Å². The van der Waals surface area contributed by atoms with Crippen LogP contribution >= 0.6 is 0 Å². The van der Waals surface area contributed by atoms with E-state index in [4.69, 9.17) is 4.74 Å². The summed E-state index contributed by atoms with van der Waals surface area (Å²) in [6, 6.07) is -1.57. The second-order valence-electron chi connectivity index (χ2n) is 8.73. The maximum atomic E-state index is 13.2. The minimum absolute atomic E-state index is 0.00418. The Morgan fingerprint density at radius 2 is 1.88 bits per heavy atom. The Balaban J connectivity index is 2.31. The molecule has 0 bridgehead atoms. The maximum Gasteiger partial charge on any atom is 0.328 e. The summed E-state index contributed by atoms with van der Waals surface area (Å²) in [5, 5.41) is 0. The zero-order chi connectivity index (χ0) is 19.4. The van der Waals surface area contributed by atoms with E-state index in [-0.39, 0.29) is 28.9 Å². The highest BCUT2D eigenvalue weighted by Crippen LogP contribution is 2.65. The Kier molecular flexibility index (Phi) is 5.02. The van der Waals surface area contributed by atoms with E-state index < -0.39 is 33.5 Å². The first-order valence-corrected chi connectivity index (χ1v) is 10.3. The van der Waals surface area contributed by atoms with Crippen LogP contribution in [0.1, 0.15) is 41.5 Å². The summed E-state index contributed by atoms with van der Waals surface area (Å²) in [6.07, 6.45) is 0. The molecule has 0 radical (unpaired) electrons. The SMILES string of the molecule is CCS(=O)(=O)N[C@H](C(=O)N1C[C@H]2[C@@H]([C@H]1C(=O)OC)C2(C)C)C(C)(C)C. The van der Waals surface area contributed by atoms with Crippen LogP contribution in [0.15, 0.2) is 0 Å². The van der Waals surface area contributed by atoms with Crippen molar-refractivity contribution in [1.82, 2.24) is 9.62 Å². The first-order valence-electron chi connectivity index (χ1n) is 8.66. The lowest BCUT2D eigenvalue weighted by Crippen LogP contribution is -2.58. The normalized spacial score (nSPS) is 29.1. The molecule has 1 N–H and O–H groups in total. The van der Waals surface area contributed by atoms with Crippen molar-refractivity contribution in [3.05, 3.63) is 0 Å². The smallest absolute Gasteiger partial charge is 0.328 e. The number of hydrogen-bond acceptors (Lipinski definition) is 5. The molecule has 1 amide bonds. The first-order chi connectivity index (χ1) is 11.3. The van der Waals surface area contributed by atoms with Crippen LogP contribution in [-0.4, -0.2) is 56.7 Å². The summed E-state index contributed by atoms with van der Waals surface area (Å²) < 4.78 is 31.5. The highest BCUT2D eigenvalue weighted by atomic mass is 32.2. The highest BCUT2D eigenvalue weighted by molar-refractivity contribution is 7.89. The number of esters is 1. The average Bonchev–Trinajstić information content (AvgIpc) is 2.87. The standard InChI is InChI=1S/C17H30N2O5S/c1-8-25(22,23)18-13(16(2,3)4)14(20)19-9-10-11(17(10,5)6)12(19)15(21)24-7/h10-13,18H,8-9H2,1-7H3/t10-,11-,12-,13+/m0/s1. The van der Waals surface area contributed by atoms with Crippen LogP contribution in [0.2, 0.25) is 0 Å². The van der Waals surface area contributed by atoms with Gasteiger partial charge >= 0.3 is 5.97 Å². The van der Waals surface area contributed by atoms with Gasteiger partial charge in [-0.3, -0.25) is 4.79 Å². The molecular formula is C17H30N2O5S. The molecule has 1 saturated heterocycles. The summed E-state index contributed by atoms with van der Waals surface area (Å²) in [4.78, 5) is 27.0. The second-order valence-corrected chi connectivity index (χ2v) is 10.8. The number of carbonyl (C=O) groups is 2. The maximum absolute atomic E-state index is 13.2. The number of rotatable bonds is 5. The van der Waals surface area contributed by atoms with Crippen molar-refractivity contribution >= 4 is 21.9 Å². The zero-order valence-corrected chi connectivity index (χ0v) is 16.9. The van der Waals surface area contributed by atoms with Crippen molar-refractivity contribution < 1.29 is 22.7 Å². The quantitative estimate of drug-likeness (QED) is 0.725. The fourth-order valence-electron chi connectivity index (χ4n) is 3.93. The molecule has 25 heavy (non-hydrogen) atoms. The number of nitrogens with one attached hydrogen (secondary N) is 1. The van der Waals surface area contributed by atoms with Gasteiger partial charge < -0.3 is 9.64 Å². The minimum Gasteiger partial charge on any atom is -0.467 e. The molecule has 2 rings (SSSR count). The predicted octanol–water partition coefficient (Wildman–Crippen LogP) is 0.996.